The van der Waals surface area contributed by atoms with Crippen LogP contribution in [0.3, 0.4) is 0 Å². The highest BCUT2D eigenvalue weighted by Gasteiger charge is 2.09. The van der Waals surface area contributed by atoms with Gasteiger partial charge in [-0.15, -0.1) is 0 Å². The molecule has 0 atom stereocenters. The molecule has 0 saturated carbocycles. The summed E-state index contributed by atoms with van der Waals surface area (Å²) >= 11 is 5.78. The van der Waals surface area contributed by atoms with Gasteiger partial charge in [0.15, 0.2) is 0 Å². The molecule has 98 valence electrons. The van der Waals surface area contributed by atoms with Gasteiger partial charge in [-0.1, -0.05) is 17.7 Å². The van der Waals surface area contributed by atoms with E-state index in [2.05, 4.69) is 0 Å². The van der Waals surface area contributed by atoms with Crippen molar-refractivity contribution in [3.8, 4) is 11.5 Å². The van der Waals surface area contributed by atoms with E-state index in [1.807, 2.05) is 0 Å². The van der Waals surface area contributed by atoms with Crippen molar-refractivity contribution in [2.45, 2.75) is 6.61 Å². The summed E-state index contributed by atoms with van der Waals surface area (Å²) in [6, 6.07) is 11.0. The van der Waals surface area contributed by atoms with Crippen molar-refractivity contribution in [1.82, 2.24) is 0 Å². The molecule has 0 amide bonds. The van der Waals surface area contributed by atoms with Crippen LogP contribution in [0.4, 0.5) is 0 Å². The number of aromatic hydroxyl groups is 1. The fourth-order valence-corrected chi connectivity index (χ4v) is 1.73. The topological polar surface area (TPSA) is 66.8 Å². The van der Waals surface area contributed by atoms with Gasteiger partial charge in [0.05, 0.1) is 10.6 Å². The van der Waals surface area contributed by atoms with E-state index in [4.69, 9.17) is 26.6 Å². The highest BCUT2D eigenvalue weighted by atomic mass is 35.5. The average Bonchev–Trinajstić information content (AvgIpc) is 2.39. The highest BCUT2D eigenvalue weighted by Crippen LogP contribution is 2.20. The molecule has 0 heterocycles. The van der Waals surface area contributed by atoms with Gasteiger partial charge in [-0.2, -0.15) is 0 Å². The number of phenols is 1. The van der Waals surface area contributed by atoms with E-state index in [1.54, 1.807) is 18.2 Å². The van der Waals surface area contributed by atoms with Gasteiger partial charge in [0, 0.05) is 0 Å². The molecule has 0 unspecified atom stereocenters. The Bertz CT molecular complexity index is 593. The Morgan fingerprint density at radius 3 is 2.47 bits per heavy atom. The molecule has 0 aliphatic heterocycles. The van der Waals surface area contributed by atoms with Crippen molar-refractivity contribution in [1.29, 1.82) is 0 Å². The van der Waals surface area contributed by atoms with Gasteiger partial charge in [-0.25, -0.2) is 4.79 Å². The number of aromatic carboxylic acids is 1. The second-order valence-electron chi connectivity index (χ2n) is 3.90. The number of phenolic OH excluding ortho intramolecular Hbond substituents is 1. The SMILES string of the molecule is O=C(O)c1cc(COc2ccc(O)cc2)ccc1Cl. The molecule has 0 fully saturated rings. The largest absolute Gasteiger partial charge is 0.508 e. The highest BCUT2D eigenvalue weighted by molar-refractivity contribution is 6.33. The molecule has 0 aliphatic carbocycles. The number of ether oxygens (including phenoxy) is 1. The summed E-state index contributed by atoms with van der Waals surface area (Å²) in [6.07, 6.45) is 0. The molecule has 2 N–H and O–H groups in total. The Balaban J connectivity index is 2.09. The summed E-state index contributed by atoms with van der Waals surface area (Å²) in [5.74, 6) is -0.326. The molecule has 0 aromatic heterocycles. The molecular formula is C14H11ClO4. The fourth-order valence-electron chi connectivity index (χ4n) is 1.54. The number of halogens is 1. The van der Waals surface area contributed by atoms with Crippen LogP contribution >= 0.6 is 11.6 Å². The maximum Gasteiger partial charge on any atom is 0.337 e. The van der Waals surface area contributed by atoms with E-state index in [9.17, 15) is 4.79 Å². The molecule has 4 nitrogen and oxygen atoms in total. The van der Waals surface area contributed by atoms with Crippen molar-refractivity contribution in [2.75, 3.05) is 0 Å². The van der Waals surface area contributed by atoms with E-state index in [-0.39, 0.29) is 22.9 Å². The Labute approximate surface area is 114 Å². The molecular weight excluding hydrogens is 268 g/mol. The van der Waals surface area contributed by atoms with Crippen LogP contribution < -0.4 is 4.74 Å². The zero-order valence-corrected chi connectivity index (χ0v) is 10.6. The minimum absolute atomic E-state index is 0.0495. The van der Waals surface area contributed by atoms with Gasteiger partial charge in [-0.3, -0.25) is 0 Å². The number of rotatable bonds is 4. The van der Waals surface area contributed by atoms with Gasteiger partial charge >= 0.3 is 5.97 Å². The van der Waals surface area contributed by atoms with Gasteiger partial charge in [-0.05, 0) is 42.0 Å². The monoisotopic (exact) mass is 278 g/mol. The van der Waals surface area contributed by atoms with Crippen molar-refractivity contribution < 1.29 is 19.7 Å². The van der Waals surface area contributed by atoms with E-state index in [0.717, 1.165) is 0 Å². The molecule has 0 spiro atoms. The first kappa shape index (κ1) is 13.2. The van der Waals surface area contributed by atoms with Crippen LogP contribution in [0, 0.1) is 0 Å². The second kappa shape index (κ2) is 5.63. The van der Waals surface area contributed by atoms with E-state index in [0.29, 0.717) is 11.3 Å². The molecule has 0 radical (unpaired) electrons. The number of hydrogen-bond acceptors (Lipinski definition) is 3. The maximum atomic E-state index is 10.9. The predicted molar refractivity (Wildman–Crippen MR) is 70.9 cm³/mol. The van der Waals surface area contributed by atoms with Crippen molar-refractivity contribution in [3.05, 3.63) is 58.6 Å². The smallest absolute Gasteiger partial charge is 0.337 e. The van der Waals surface area contributed by atoms with Gasteiger partial charge in [0.1, 0.15) is 18.1 Å². The lowest BCUT2D eigenvalue weighted by atomic mass is 10.1. The van der Waals surface area contributed by atoms with Gasteiger partial charge in [0.25, 0.3) is 0 Å². The van der Waals surface area contributed by atoms with Crippen LogP contribution in [-0.2, 0) is 6.61 Å². The molecule has 0 aliphatic rings. The third-order valence-corrected chi connectivity index (χ3v) is 2.83. The zero-order valence-electron chi connectivity index (χ0n) is 9.84. The predicted octanol–water partition coefficient (Wildman–Crippen LogP) is 3.32. The molecule has 0 bridgehead atoms. The van der Waals surface area contributed by atoms with Crippen LogP contribution in [-0.4, -0.2) is 16.2 Å². The zero-order chi connectivity index (χ0) is 13.8. The van der Waals surface area contributed by atoms with Crippen LogP contribution in [0.15, 0.2) is 42.5 Å². The Hall–Kier alpha value is -2.20. The minimum atomic E-state index is -1.07. The van der Waals surface area contributed by atoms with Crippen LogP contribution in [0.1, 0.15) is 15.9 Å². The Morgan fingerprint density at radius 2 is 1.84 bits per heavy atom. The van der Waals surface area contributed by atoms with Crippen LogP contribution in [0.2, 0.25) is 5.02 Å². The number of hydrogen-bond donors (Lipinski definition) is 2. The summed E-state index contributed by atoms with van der Waals surface area (Å²) in [5, 5.41) is 18.3. The number of carbonyl (C=O) groups is 1. The lowest BCUT2D eigenvalue weighted by Gasteiger charge is -2.07. The molecule has 19 heavy (non-hydrogen) atoms. The molecule has 2 rings (SSSR count). The fraction of sp³-hybridized carbons (Fsp3) is 0.0714. The van der Waals surface area contributed by atoms with Gasteiger partial charge in [0.2, 0.25) is 0 Å². The molecule has 0 saturated heterocycles. The second-order valence-corrected chi connectivity index (χ2v) is 4.31. The summed E-state index contributed by atoms with van der Waals surface area (Å²) in [6.45, 7) is 0.224. The summed E-state index contributed by atoms with van der Waals surface area (Å²) in [5.41, 5.74) is 0.753. The summed E-state index contributed by atoms with van der Waals surface area (Å²) in [4.78, 5) is 10.9. The normalized spacial score (nSPS) is 10.2. The number of carboxylic acid groups (broad SMARTS) is 1. The third-order valence-electron chi connectivity index (χ3n) is 2.50. The van der Waals surface area contributed by atoms with E-state index >= 15 is 0 Å². The first-order valence-electron chi connectivity index (χ1n) is 5.50. The standard InChI is InChI=1S/C14H11ClO4/c15-13-6-1-9(7-12(13)14(17)18)8-19-11-4-2-10(16)3-5-11/h1-7,16H,8H2,(H,17,18). The summed E-state index contributed by atoms with van der Waals surface area (Å²) in [7, 11) is 0. The van der Waals surface area contributed by atoms with E-state index in [1.165, 1.54) is 24.3 Å². The lowest BCUT2D eigenvalue weighted by molar-refractivity contribution is 0.0697. The van der Waals surface area contributed by atoms with Crippen LogP contribution in [0.5, 0.6) is 11.5 Å². The minimum Gasteiger partial charge on any atom is -0.508 e. The Morgan fingerprint density at radius 1 is 1.16 bits per heavy atom. The molecule has 2 aromatic rings. The Kier molecular flexibility index (Phi) is 3.92. The first-order valence-corrected chi connectivity index (χ1v) is 5.87. The average molecular weight is 279 g/mol. The maximum absolute atomic E-state index is 10.9. The van der Waals surface area contributed by atoms with Gasteiger partial charge < -0.3 is 14.9 Å². The van der Waals surface area contributed by atoms with E-state index < -0.39 is 5.97 Å². The van der Waals surface area contributed by atoms with Crippen molar-refractivity contribution in [3.63, 3.8) is 0 Å². The number of carboxylic acids is 1. The van der Waals surface area contributed by atoms with Crippen molar-refractivity contribution >= 4 is 17.6 Å². The van der Waals surface area contributed by atoms with Crippen LogP contribution in [0.25, 0.3) is 0 Å². The quantitative estimate of drug-likeness (QED) is 0.900. The number of benzene rings is 2. The summed E-state index contributed by atoms with van der Waals surface area (Å²) < 4.78 is 5.47. The van der Waals surface area contributed by atoms with Crippen molar-refractivity contribution in [2.24, 2.45) is 0 Å². The lowest BCUT2D eigenvalue weighted by Crippen LogP contribution is -2.01. The molecule has 5 heteroatoms. The first-order chi connectivity index (χ1) is 9.06. The third kappa shape index (κ3) is 3.39. The molecule has 2 aromatic carbocycles.